The first-order chi connectivity index (χ1) is 10.1. The molecule has 1 atom stereocenters. The SMILES string of the molecule is N/C(=N\O)c1cccc2c1CCC21CCN(C(=O)CO)C1. The van der Waals surface area contributed by atoms with Crippen LogP contribution in [0.2, 0.25) is 0 Å². The van der Waals surface area contributed by atoms with Crippen LogP contribution in [-0.4, -0.2) is 46.7 Å². The van der Waals surface area contributed by atoms with Gasteiger partial charge in [0.25, 0.3) is 0 Å². The highest BCUT2D eigenvalue weighted by molar-refractivity contribution is 5.99. The minimum Gasteiger partial charge on any atom is -0.409 e. The third-order valence-electron chi connectivity index (χ3n) is 4.83. The maximum Gasteiger partial charge on any atom is 0.248 e. The van der Waals surface area contributed by atoms with Gasteiger partial charge in [0.05, 0.1) is 0 Å². The number of likely N-dealkylation sites (tertiary alicyclic amines) is 1. The Morgan fingerprint density at radius 2 is 2.24 bits per heavy atom. The zero-order valence-electron chi connectivity index (χ0n) is 11.7. The molecule has 1 fully saturated rings. The van der Waals surface area contributed by atoms with Crippen LogP contribution in [0.25, 0.3) is 0 Å². The lowest BCUT2D eigenvalue weighted by molar-refractivity contribution is -0.133. The maximum atomic E-state index is 11.7. The van der Waals surface area contributed by atoms with Crippen LogP contribution in [0.4, 0.5) is 0 Å². The van der Waals surface area contributed by atoms with Gasteiger partial charge in [-0.25, -0.2) is 0 Å². The Labute approximate surface area is 122 Å². The molecular weight excluding hydrogens is 270 g/mol. The fraction of sp³-hybridized carbons (Fsp3) is 0.467. The molecule has 0 bridgehead atoms. The quantitative estimate of drug-likeness (QED) is 0.313. The standard InChI is InChI=1S/C15H19N3O3/c16-14(17-21)11-2-1-3-12-10(11)4-5-15(12)6-7-18(9-15)13(20)8-19/h1-3,19,21H,4-9H2,(H2,16,17). The molecule has 4 N–H and O–H groups in total. The lowest BCUT2D eigenvalue weighted by Crippen LogP contribution is -2.34. The number of amidine groups is 1. The topological polar surface area (TPSA) is 99.2 Å². The molecule has 0 saturated carbocycles. The lowest BCUT2D eigenvalue weighted by atomic mass is 9.81. The van der Waals surface area contributed by atoms with Gasteiger partial charge in [0.15, 0.2) is 5.84 Å². The maximum absolute atomic E-state index is 11.7. The molecule has 1 saturated heterocycles. The highest BCUT2D eigenvalue weighted by Gasteiger charge is 2.45. The predicted molar refractivity (Wildman–Crippen MR) is 77.2 cm³/mol. The van der Waals surface area contributed by atoms with Gasteiger partial charge in [0.2, 0.25) is 5.91 Å². The summed E-state index contributed by atoms with van der Waals surface area (Å²) in [6, 6.07) is 5.84. The highest BCUT2D eigenvalue weighted by atomic mass is 16.4. The minimum absolute atomic E-state index is 0.0497. The summed E-state index contributed by atoms with van der Waals surface area (Å²) in [5.74, 6) is -0.0851. The van der Waals surface area contributed by atoms with Crippen LogP contribution < -0.4 is 5.73 Å². The molecule has 1 aromatic rings. The lowest BCUT2D eigenvalue weighted by Gasteiger charge is -2.25. The molecule has 2 aliphatic rings. The summed E-state index contributed by atoms with van der Waals surface area (Å²) >= 11 is 0. The molecule has 6 nitrogen and oxygen atoms in total. The molecule has 0 radical (unpaired) electrons. The van der Waals surface area contributed by atoms with E-state index in [0.717, 1.165) is 30.4 Å². The third-order valence-corrected chi connectivity index (χ3v) is 4.83. The van der Waals surface area contributed by atoms with Crippen LogP contribution in [0.3, 0.4) is 0 Å². The number of hydrogen-bond acceptors (Lipinski definition) is 4. The number of hydrogen-bond donors (Lipinski definition) is 3. The number of nitrogens with two attached hydrogens (primary N) is 1. The van der Waals surface area contributed by atoms with Crippen LogP contribution in [-0.2, 0) is 16.6 Å². The van der Waals surface area contributed by atoms with E-state index in [2.05, 4.69) is 11.2 Å². The number of aliphatic hydroxyl groups excluding tert-OH is 1. The number of aliphatic hydroxyl groups is 1. The molecular formula is C15H19N3O3. The Morgan fingerprint density at radius 3 is 2.95 bits per heavy atom. The van der Waals surface area contributed by atoms with E-state index in [1.165, 1.54) is 5.56 Å². The number of benzene rings is 1. The van der Waals surface area contributed by atoms with Crippen LogP contribution in [0.15, 0.2) is 23.4 Å². The summed E-state index contributed by atoms with van der Waals surface area (Å²) < 4.78 is 0. The number of rotatable bonds is 2. The van der Waals surface area contributed by atoms with E-state index >= 15 is 0 Å². The molecule has 1 aliphatic heterocycles. The van der Waals surface area contributed by atoms with Gasteiger partial charge in [-0.1, -0.05) is 23.4 Å². The zero-order valence-corrected chi connectivity index (χ0v) is 11.7. The predicted octanol–water partition coefficient (Wildman–Crippen LogP) is 0.190. The minimum atomic E-state index is -0.437. The van der Waals surface area contributed by atoms with Gasteiger partial charge in [-0.2, -0.15) is 0 Å². The fourth-order valence-electron chi connectivity index (χ4n) is 3.76. The number of oxime groups is 1. The molecule has 1 heterocycles. The first-order valence-corrected chi connectivity index (χ1v) is 7.10. The van der Waals surface area contributed by atoms with Crippen LogP contribution in [0.5, 0.6) is 0 Å². The zero-order chi connectivity index (χ0) is 15.0. The Kier molecular flexibility index (Phi) is 3.33. The largest absolute Gasteiger partial charge is 0.409 e. The van der Waals surface area contributed by atoms with E-state index in [-0.39, 0.29) is 17.2 Å². The molecule has 1 unspecified atom stereocenters. The second-order valence-corrected chi connectivity index (χ2v) is 5.82. The number of amides is 1. The van der Waals surface area contributed by atoms with Crippen molar-refractivity contribution in [3.8, 4) is 0 Å². The average Bonchev–Trinajstić information content (AvgIpc) is 3.11. The van der Waals surface area contributed by atoms with Gasteiger partial charge in [-0.15, -0.1) is 0 Å². The molecule has 112 valence electrons. The van der Waals surface area contributed by atoms with Gasteiger partial charge in [0.1, 0.15) is 6.61 Å². The van der Waals surface area contributed by atoms with Crippen LogP contribution >= 0.6 is 0 Å². The van der Waals surface area contributed by atoms with Crippen molar-refractivity contribution in [1.29, 1.82) is 0 Å². The molecule has 0 aromatic heterocycles. The van der Waals surface area contributed by atoms with E-state index in [1.54, 1.807) is 4.90 Å². The van der Waals surface area contributed by atoms with E-state index in [9.17, 15) is 4.79 Å². The van der Waals surface area contributed by atoms with Crippen LogP contribution in [0, 0.1) is 0 Å². The molecule has 1 aromatic carbocycles. The summed E-state index contributed by atoms with van der Waals surface area (Å²) in [6.07, 6.45) is 2.71. The third kappa shape index (κ3) is 2.06. The van der Waals surface area contributed by atoms with Crippen molar-refractivity contribution in [3.05, 3.63) is 34.9 Å². The molecule has 21 heavy (non-hydrogen) atoms. The van der Waals surface area contributed by atoms with Gasteiger partial charge in [0, 0.05) is 24.1 Å². The number of fused-ring (bicyclic) bond motifs is 2. The molecule has 1 aliphatic carbocycles. The van der Waals surface area contributed by atoms with Crippen molar-refractivity contribution >= 4 is 11.7 Å². The Hall–Kier alpha value is -2.08. The Balaban J connectivity index is 1.97. The van der Waals surface area contributed by atoms with Crippen molar-refractivity contribution in [2.24, 2.45) is 10.9 Å². The first-order valence-electron chi connectivity index (χ1n) is 7.10. The summed E-state index contributed by atoms with van der Waals surface area (Å²) in [7, 11) is 0. The van der Waals surface area contributed by atoms with Crippen molar-refractivity contribution < 1.29 is 15.1 Å². The Bertz CT molecular complexity index is 614. The van der Waals surface area contributed by atoms with Crippen molar-refractivity contribution in [2.45, 2.75) is 24.7 Å². The van der Waals surface area contributed by atoms with E-state index < -0.39 is 6.61 Å². The van der Waals surface area contributed by atoms with Crippen molar-refractivity contribution in [3.63, 3.8) is 0 Å². The second kappa shape index (κ2) is 5.04. The van der Waals surface area contributed by atoms with Crippen molar-refractivity contribution in [1.82, 2.24) is 4.90 Å². The van der Waals surface area contributed by atoms with Gasteiger partial charge >= 0.3 is 0 Å². The molecule has 1 amide bonds. The summed E-state index contributed by atoms with van der Waals surface area (Å²) in [5.41, 5.74) is 8.79. The highest BCUT2D eigenvalue weighted by Crippen LogP contribution is 2.46. The van der Waals surface area contributed by atoms with E-state index in [0.29, 0.717) is 13.1 Å². The fourth-order valence-corrected chi connectivity index (χ4v) is 3.76. The van der Waals surface area contributed by atoms with Gasteiger partial charge in [-0.05, 0) is 30.4 Å². The monoisotopic (exact) mass is 289 g/mol. The van der Waals surface area contributed by atoms with E-state index in [4.69, 9.17) is 16.0 Å². The van der Waals surface area contributed by atoms with Gasteiger partial charge in [-0.3, -0.25) is 4.79 Å². The first kappa shape index (κ1) is 13.9. The number of nitrogens with zero attached hydrogens (tertiary/aromatic N) is 2. The Morgan fingerprint density at radius 1 is 1.43 bits per heavy atom. The second-order valence-electron chi connectivity index (χ2n) is 5.82. The molecule has 3 rings (SSSR count). The van der Waals surface area contributed by atoms with Crippen LogP contribution in [0.1, 0.15) is 29.5 Å². The normalized spacial score (nSPS) is 24.6. The van der Waals surface area contributed by atoms with Crippen molar-refractivity contribution in [2.75, 3.05) is 19.7 Å². The summed E-state index contributed by atoms with van der Waals surface area (Å²) in [6.45, 7) is 0.874. The molecule has 1 spiro atoms. The smallest absolute Gasteiger partial charge is 0.248 e. The number of carbonyl (C=O) groups is 1. The summed E-state index contributed by atoms with van der Waals surface area (Å²) in [5, 5.41) is 21.0. The summed E-state index contributed by atoms with van der Waals surface area (Å²) in [4.78, 5) is 13.4. The number of carbonyl (C=O) groups excluding carboxylic acids is 1. The average molecular weight is 289 g/mol. The molecule has 6 heteroatoms. The van der Waals surface area contributed by atoms with E-state index in [1.807, 2.05) is 12.1 Å². The van der Waals surface area contributed by atoms with Gasteiger partial charge < -0.3 is 20.9 Å².